The summed E-state index contributed by atoms with van der Waals surface area (Å²) in [7, 11) is 2.59. The fraction of sp³-hybridized carbons (Fsp3) is 0.133. The van der Waals surface area contributed by atoms with Crippen LogP contribution in [0.15, 0.2) is 34.8 Å². The number of esters is 1. The minimum absolute atomic E-state index is 0.168. The first-order valence-electron chi connectivity index (χ1n) is 6.45. The first kappa shape index (κ1) is 18.0. The molecule has 0 heterocycles. The number of hydrogen-bond acceptors (Lipinski definition) is 6. The highest BCUT2D eigenvalue weighted by Crippen LogP contribution is 2.39. The second-order valence-electron chi connectivity index (χ2n) is 4.45. The van der Waals surface area contributed by atoms with Crippen molar-refractivity contribution in [2.24, 2.45) is 0 Å². The number of ether oxygens (including phenoxy) is 3. The van der Waals surface area contributed by atoms with Gasteiger partial charge in [0.1, 0.15) is 11.3 Å². The lowest BCUT2D eigenvalue weighted by Gasteiger charge is -2.13. The highest BCUT2D eigenvalue weighted by atomic mass is 79.9. The smallest absolute Gasteiger partial charge is 0.345 e. The predicted octanol–water partition coefficient (Wildman–Crippen LogP) is 4.60. The lowest BCUT2D eigenvalue weighted by atomic mass is 10.1. The summed E-state index contributed by atoms with van der Waals surface area (Å²) in [6.07, 6.45) is 0. The molecule has 0 unspecified atom stereocenters. The Hall–Kier alpha value is -2.32. The van der Waals surface area contributed by atoms with Gasteiger partial charge in [0.15, 0.2) is 11.5 Å². The van der Waals surface area contributed by atoms with Crippen molar-refractivity contribution in [1.29, 1.82) is 0 Å². The maximum atomic E-state index is 11.8. The van der Waals surface area contributed by atoms with Gasteiger partial charge in [-0.1, -0.05) is 11.6 Å². The third-order valence-electron chi connectivity index (χ3n) is 3.00. The number of halogens is 2. The van der Waals surface area contributed by atoms with Gasteiger partial charge < -0.3 is 14.2 Å². The van der Waals surface area contributed by atoms with Gasteiger partial charge in [-0.15, -0.1) is 0 Å². The summed E-state index contributed by atoms with van der Waals surface area (Å²) >= 11 is 9.13. The molecule has 7 nitrogen and oxygen atoms in total. The van der Waals surface area contributed by atoms with E-state index in [4.69, 9.17) is 21.1 Å². The number of rotatable bonds is 5. The molecule has 0 amide bonds. The second kappa shape index (κ2) is 7.50. The van der Waals surface area contributed by atoms with Gasteiger partial charge in [-0.25, -0.2) is 4.79 Å². The van der Waals surface area contributed by atoms with Gasteiger partial charge in [0, 0.05) is 23.2 Å². The molecule has 0 spiro atoms. The molecule has 126 valence electrons. The standard InChI is InChI=1S/C15H11BrClNO6/c1-22-12-4-3-8(17)5-14(12)24-13-6-9(15(19)23-2)11(18(20)21)7-10(13)16/h3-7H,1-2H3. The third kappa shape index (κ3) is 3.77. The quantitative estimate of drug-likeness (QED) is 0.402. The van der Waals surface area contributed by atoms with Crippen LogP contribution in [0.5, 0.6) is 17.2 Å². The van der Waals surface area contributed by atoms with Gasteiger partial charge in [0.2, 0.25) is 0 Å². The van der Waals surface area contributed by atoms with Crippen molar-refractivity contribution in [1.82, 2.24) is 0 Å². The normalized spacial score (nSPS) is 10.2. The van der Waals surface area contributed by atoms with E-state index in [0.29, 0.717) is 10.8 Å². The summed E-state index contributed by atoms with van der Waals surface area (Å²) < 4.78 is 15.7. The molecule has 0 fully saturated rings. The lowest BCUT2D eigenvalue weighted by Crippen LogP contribution is -2.06. The molecule has 0 atom stereocenters. The van der Waals surface area contributed by atoms with Crippen molar-refractivity contribution in [3.8, 4) is 17.2 Å². The van der Waals surface area contributed by atoms with Crippen molar-refractivity contribution in [3.63, 3.8) is 0 Å². The maximum absolute atomic E-state index is 11.8. The van der Waals surface area contributed by atoms with E-state index in [1.54, 1.807) is 12.1 Å². The number of nitro groups is 1. The van der Waals surface area contributed by atoms with E-state index in [1.165, 1.54) is 25.3 Å². The largest absolute Gasteiger partial charge is 0.493 e. The molecule has 0 aromatic heterocycles. The van der Waals surface area contributed by atoms with Crippen LogP contribution < -0.4 is 9.47 Å². The van der Waals surface area contributed by atoms with Crippen molar-refractivity contribution < 1.29 is 23.9 Å². The molecule has 0 aliphatic heterocycles. The molecule has 0 bridgehead atoms. The van der Waals surface area contributed by atoms with Crippen molar-refractivity contribution in [2.45, 2.75) is 0 Å². The zero-order valence-electron chi connectivity index (χ0n) is 12.5. The number of methoxy groups -OCH3 is 2. The highest BCUT2D eigenvalue weighted by Gasteiger charge is 2.24. The SMILES string of the molecule is COC(=O)c1cc(Oc2cc(Cl)ccc2OC)c(Br)cc1[N+](=O)[O-]. The van der Waals surface area contributed by atoms with Crippen LogP contribution in [0.4, 0.5) is 5.69 Å². The van der Waals surface area contributed by atoms with Gasteiger partial charge in [-0.3, -0.25) is 10.1 Å². The van der Waals surface area contributed by atoms with Gasteiger partial charge >= 0.3 is 5.97 Å². The van der Waals surface area contributed by atoms with Crippen molar-refractivity contribution >= 4 is 39.2 Å². The summed E-state index contributed by atoms with van der Waals surface area (Å²) in [6.45, 7) is 0. The van der Waals surface area contributed by atoms with Crippen LogP contribution in [-0.2, 0) is 4.74 Å². The molecule has 2 aromatic rings. The van der Waals surface area contributed by atoms with Crippen LogP contribution in [0.1, 0.15) is 10.4 Å². The van der Waals surface area contributed by atoms with E-state index in [0.717, 1.165) is 7.11 Å². The molecule has 9 heteroatoms. The third-order valence-corrected chi connectivity index (χ3v) is 3.85. The van der Waals surface area contributed by atoms with Gasteiger partial charge in [-0.05, 0) is 28.1 Å². The Morgan fingerprint density at radius 3 is 2.46 bits per heavy atom. The van der Waals surface area contributed by atoms with Crippen LogP contribution in [0.25, 0.3) is 0 Å². The monoisotopic (exact) mass is 415 g/mol. The summed E-state index contributed by atoms with van der Waals surface area (Å²) in [5, 5.41) is 11.5. The van der Waals surface area contributed by atoms with Crippen LogP contribution in [0.2, 0.25) is 5.02 Å². The number of nitrogens with zero attached hydrogens (tertiary/aromatic N) is 1. The average Bonchev–Trinajstić information content (AvgIpc) is 2.55. The van der Waals surface area contributed by atoms with Crippen LogP contribution >= 0.6 is 27.5 Å². The zero-order valence-corrected chi connectivity index (χ0v) is 14.9. The van der Waals surface area contributed by atoms with E-state index in [9.17, 15) is 14.9 Å². The Bertz CT molecular complexity index is 811. The minimum atomic E-state index is -0.850. The predicted molar refractivity (Wildman–Crippen MR) is 90.2 cm³/mol. The Kier molecular flexibility index (Phi) is 5.63. The molecular weight excluding hydrogens is 406 g/mol. The summed E-state index contributed by atoms with van der Waals surface area (Å²) in [6, 6.07) is 7.13. The average molecular weight is 417 g/mol. The maximum Gasteiger partial charge on any atom is 0.345 e. The van der Waals surface area contributed by atoms with Gasteiger partial charge in [0.05, 0.1) is 23.6 Å². The molecule has 2 rings (SSSR count). The summed E-state index contributed by atoms with van der Waals surface area (Å²) in [5.41, 5.74) is -0.638. The highest BCUT2D eigenvalue weighted by molar-refractivity contribution is 9.10. The van der Waals surface area contributed by atoms with Crippen LogP contribution in [0, 0.1) is 10.1 Å². The summed E-state index contributed by atoms with van der Waals surface area (Å²) in [4.78, 5) is 22.2. The van der Waals surface area contributed by atoms with E-state index < -0.39 is 16.6 Å². The fourth-order valence-corrected chi connectivity index (χ4v) is 2.47. The van der Waals surface area contributed by atoms with Crippen LogP contribution in [0.3, 0.4) is 0 Å². The molecular formula is C15H11BrClNO6. The zero-order chi connectivity index (χ0) is 17.9. The topological polar surface area (TPSA) is 87.9 Å². The fourth-order valence-electron chi connectivity index (χ4n) is 1.89. The second-order valence-corrected chi connectivity index (χ2v) is 5.74. The first-order valence-corrected chi connectivity index (χ1v) is 7.62. The Morgan fingerprint density at radius 1 is 1.17 bits per heavy atom. The molecule has 2 aromatic carbocycles. The number of hydrogen-bond donors (Lipinski definition) is 0. The molecule has 0 saturated carbocycles. The van der Waals surface area contributed by atoms with Gasteiger partial charge in [-0.2, -0.15) is 0 Å². The molecule has 0 aliphatic rings. The number of nitro benzene ring substituents is 1. The van der Waals surface area contributed by atoms with Crippen molar-refractivity contribution in [3.05, 3.63) is 55.5 Å². The molecule has 0 saturated heterocycles. The van der Waals surface area contributed by atoms with E-state index in [-0.39, 0.29) is 21.5 Å². The van der Waals surface area contributed by atoms with E-state index in [1.807, 2.05) is 0 Å². The lowest BCUT2D eigenvalue weighted by molar-refractivity contribution is -0.385. The Morgan fingerprint density at radius 2 is 1.88 bits per heavy atom. The number of benzene rings is 2. The van der Waals surface area contributed by atoms with Gasteiger partial charge in [0.25, 0.3) is 5.69 Å². The molecule has 0 aliphatic carbocycles. The first-order chi connectivity index (χ1) is 11.4. The number of carbonyl (C=O) groups is 1. The number of carbonyl (C=O) groups excluding carboxylic acids is 1. The molecule has 0 radical (unpaired) electrons. The van der Waals surface area contributed by atoms with Crippen LogP contribution in [-0.4, -0.2) is 25.1 Å². The summed E-state index contributed by atoms with van der Waals surface area (Å²) in [5.74, 6) is 0.0123. The minimum Gasteiger partial charge on any atom is -0.493 e. The molecule has 24 heavy (non-hydrogen) atoms. The van der Waals surface area contributed by atoms with E-state index in [2.05, 4.69) is 20.7 Å². The Balaban J connectivity index is 2.53. The molecule has 0 N–H and O–H groups in total. The Labute approximate surface area is 150 Å². The van der Waals surface area contributed by atoms with Crippen molar-refractivity contribution in [2.75, 3.05) is 14.2 Å². The van der Waals surface area contributed by atoms with E-state index >= 15 is 0 Å².